The Hall–Kier alpha value is -3.04. The Morgan fingerprint density at radius 2 is 1.86 bits per heavy atom. The summed E-state index contributed by atoms with van der Waals surface area (Å²) in [6, 6.07) is 13.6. The highest BCUT2D eigenvalue weighted by molar-refractivity contribution is 8.26. The number of nitrogens with zero attached hydrogens (tertiary/aromatic N) is 2. The number of thiocarbonyl (C=S) groups is 1. The van der Waals surface area contributed by atoms with Crippen LogP contribution < -0.4 is 0 Å². The van der Waals surface area contributed by atoms with E-state index >= 15 is 0 Å². The zero-order valence-corrected chi connectivity index (χ0v) is 16.0. The molecule has 1 aliphatic rings. The van der Waals surface area contributed by atoms with Gasteiger partial charge < -0.3 is 5.11 Å². The van der Waals surface area contributed by atoms with Gasteiger partial charge in [0.25, 0.3) is 11.6 Å². The summed E-state index contributed by atoms with van der Waals surface area (Å²) in [7, 11) is 0. The molecular weight excluding hydrogens is 400 g/mol. The maximum absolute atomic E-state index is 12.8. The van der Waals surface area contributed by atoms with Crippen LogP contribution in [0.3, 0.4) is 0 Å². The Kier molecular flexibility index (Phi) is 5.86. The number of non-ortho nitro benzene ring substituents is 1. The lowest BCUT2D eigenvalue weighted by Crippen LogP contribution is -2.45. The minimum Gasteiger partial charge on any atom is -0.480 e. The molecule has 142 valence electrons. The summed E-state index contributed by atoms with van der Waals surface area (Å²) in [5.74, 6) is -1.63. The van der Waals surface area contributed by atoms with E-state index < -0.39 is 22.8 Å². The van der Waals surface area contributed by atoms with Crippen LogP contribution in [0.15, 0.2) is 59.5 Å². The van der Waals surface area contributed by atoms with Crippen molar-refractivity contribution in [3.63, 3.8) is 0 Å². The fraction of sp³-hybridized carbons (Fsp3) is 0.105. The Bertz CT molecular complexity index is 974. The fourth-order valence-electron chi connectivity index (χ4n) is 2.72. The lowest BCUT2D eigenvalue weighted by molar-refractivity contribution is -0.384. The molecule has 0 unspecified atom stereocenters. The number of benzene rings is 2. The highest BCUT2D eigenvalue weighted by atomic mass is 32.2. The van der Waals surface area contributed by atoms with Crippen LogP contribution in [0.2, 0.25) is 0 Å². The molecule has 3 rings (SSSR count). The number of aliphatic carboxylic acids is 1. The van der Waals surface area contributed by atoms with Gasteiger partial charge in [0.1, 0.15) is 10.4 Å². The number of amides is 1. The summed E-state index contributed by atoms with van der Waals surface area (Å²) in [5, 5.41) is 20.4. The molecule has 7 nitrogen and oxygen atoms in total. The van der Waals surface area contributed by atoms with Crippen LogP contribution in [-0.2, 0) is 16.0 Å². The third-order valence-electron chi connectivity index (χ3n) is 4.09. The summed E-state index contributed by atoms with van der Waals surface area (Å²) in [6.07, 6.45) is 1.68. The van der Waals surface area contributed by atoms with E-state index in [0.717, 1.165) is 22.2 Å². The number of carbonyl (C=O) groups is 2. The summed E-state index contributed by atoms with van der Waals surface area (Å²) < 4.78 is 0.168. The maximum Gasteiger partial charge on any atom is 0.327 e. The molecule has 28 heavy (non-hydrogen) atoms. The average molecular weight is 414 g/mol. The number of carbonyl (C=O) groups excluding carboxylic acids is 1. The smallest absolute Gasteiger partial charge is 0.327 e. The van der Waals surface area contributed by atoms with Crippen LogP contribution in [-0.4, -0.2) is 37.2 Å². The van der Waals surface area contributed by atoms with Crippen molar-refractivity contribution in [3.05, 3.63) is 80.7 Å². The Labute approximate surface area is 169 Å². The number of rotatable bonds is 6. The zero-order valence-electron chi connectivity index (χ0n) is 14.3. The molecule has 1 amide bonds. The molecule has 1 N–H and O–H groups in total. The van der Waals surface area contributed by atoms with Gasteiger partial charge in [0, 0.05) is 18.6 Å². The quantitative estimate of drug-likeness (QED) is 0.334. The van der Waals surface area contributed by atoms with Crippen molar-refractivity contribution in [3.8, 4) is 0 Å². The van der Waals surface area contributed by atoms with Gasteiger partial charge in [-0.1, -0.05) is 54.3 Å². The Morgan fingerprint density at radius 3 is 2.43 bits per heavy atom. The number of hydrogen-bond donors (Lipinski definition) is 1. The first kappa shape index (κ1) is 19.7. The largest absolute Gasteiger partial charge is 0.480 e. The number of carboxylic acid groups (broad SMARTS) is 1. The van der Waals surface area contributed by atoms with E-state index in [9.17, 15) is 24.8 Å². The summed E-state index contributed by atoms with van der Waals surface area (Å²) in [5.41, 5.74) is 1.31. The Balaban J connectivity index is 1.85. The summed E-state index contributed by atoms with van der Waals surface area (Å²) in [4.78, 5) is 36.2. The average Bonchev–Trinajstić information content (AvgIpc) is 2.94. The third kappa shape index (κ3) is 4.26. The van der Waals surface area contributed by atoms with Gasteiger partial charge in [-0.15, -0.1) is 0 Å². The van der Waals surface area contributed by atoms with Crippen molar-refractivity contribution >= 4 is 51.9 Å². The van der Waals surface area contributed by atoms with Crippen molar-refractivity contribution < 1.29 is 19.6 Å². The fourth-order valence-corrected chi connectivity index (χ4v) is 4.08. The minimum absolute atomic E-state index is 0.0569. The second kappa shape index (κ2) is 8.32. The van der Waals surface area contributed by atoms with Crippen molar-refractivity contribution in [1.29, 1.82) is 0 Å². The van der Waals surface area contributed by atoms with E-state index in [-0.39, 0.29) is 21.3 Å². The van der Waals surface area contributed by atoms with Crippen LogP contribution in [0.1, 0.15) is 11.1 Å². The van der Waals surface area contributed by atoms with Crippen molar-refractivity contribution in [2.45, 2.75) is 12.5 Å². The number of nitro benzene ring substituents is 1. The van der Waals surface area contributed by atoms with Gasteiger partial charge in [-0.05, 0) is 29.3 Å². The maximum atomic E-state index is 12.8. The van der Waals surface area contributed by atoms with Gasteiger partial charge in [-0.25, -0.2) is 4.79 Å². The molecule has 1 fully saturated rings. The minimum atomic E-state index is -1.14. The van der Waals surface area contributed by atoms with Gasteiger partial charge in [0.15, 0.2) is 0 Å². The molecule has 1 aliphatic heterocycles. The van der Waals surface area contributed by atoms with Crippen LogP contribution in [0.25, 0.3) is 6.08 Å². The number of carboxylic acids is 1. The van der Waals surface area contributed by atoms with Crippen LogP contribution >= 0.6 is 24.0 Å². The molecule has 2 aromatic carbocycles. The van der Waals surface area contributed by atoms with Gasteiger partial charge in [-0.2, -0.15) is 0 Å². The molecular formula is C19H14N2O5S2. The van der Waals surface area contributed by atoms with Crippen LogP contribution in [0.4, 0.5) is 5.69 Å². The van der Waals surface area contributed by atoms with E-state index in [1.54, 1.807) is 30.3 Å². The topological polar surface area (TPSA) is 101 Å². The van der Waals surface area contributed by atoms with Crippen LogP contribution in [0, 0.1) is 10.1 Å². The summed E-state index contributed by atoms with van der Waals surface area (Å²) >= 11 is 6.27. The third-order valence-corrected chi connectivity index (χ3v) is 5.42. The first-order valence-corrected chi connectivity index (χ1v) is 9.37. The van der Waals surface area contributed by atoms with Crippen molar-refractivity contribution in [1.82, 2.24) is 4.90 Å². The molecule has 1 saturated heterocycles. The normalized spacial score (nSPS) is 16.4. The highest BCUT2D eigenvalue weighted by Gasteiger charge is 2.40. The molecule has 0 saturated carbocycles. The molecule has 9 heteroatoms. The predicted molar refractivity (Wildman–Crippen MR) is 110 cm³/mol. The highest BCUT2D eigenvalue weighted by Crippen LogP contribution is 2.35. The Morgan fingerprint density at radius 1 is 1.21 bits per heavy atom. The van der Waals surface area contributed by atoms with Crippen molar-refractivity contribution in [2.24, 2.45) is 0 Å². The van der Waals surface area contributed by atoms with Gasteiger partial charge in [-0.3, -0.25) is 19.8 Å². The van der Waals surface area contributed by atoms with E-state index in [2.05, 4.69) is 0 Å². The molecule has 0 radical (unpaired) electrons. The number of thioether (sulfide) groups is 1. The van der Waals surface area contributed by atoms with Gasteiger partial charge in [0.2, 0.25) is 0 Å². The standard InChI is InChI=1S/C19H14N2O5S2/c22-17-16(11-13-6-8-14(9-7-13)21(25)26)28-19(27)20(17)15(18(23)24)10-12-4-2-1-3-5-12/h1-9,11,15H,10H2,(H,23,24)/b16-11-/t15-/m0/s1. The molecule has 0 bridgehead atoms. The number of nitro groups is 1. The lowest BCUT2D eigenvalue weighted by Gasteiger charge is -2.23. The zero-order chi connectivity index (χ0) is 20.3. The molecule has 0 spiro atoms. The monoisotopic (exact) mass is 414 g/mol. The molecule has 0 aromatic heterocycles. The van der Waals surface area contributed by atoms with E-state index in [1.165, 1.54) is 24.3 Å². The van der Waals surface area contributed by atoms with Crippen molar-refractivity contribution in [2.75, 3.05) is 0 Å². The van der Waals surface area contributed by atoms with Gasteiger partial charge in [0.05, 0.1) is 9.83 Å². The summed E-state index contributed by atoms with van der Waals surface area (Å²) in [6.45, 7) is 0. The van der Waals surface area contributed by atoms with Crippen LogP contribution in [0.5, 0.6) is 0 Å². The molecule has 0 aliphatic carbocycles. The van der Waals surface area contributed by atoms with E-state index in [0.29, 0.717) is 5.56 Å². The first-order chi connectivity index (χ1) is 13.4. The molecule has 2 aromatic rings. The SMILES string of the molecule is O=C(O)[C@H](Cc1ccccc1)N1C(=O)/C(=C/c2ccc([N+](=O)[O-])cc2)SC1=S. The lowest BCUT2D eigenvalue weighted by atomic mass is 10.0. The van der Waals surface area contributed by atoms with E-state index in [1.807, 2.05) is 6.07 Å². The van der Waals surface area contributed by atoms with Gasteiger partial charge >= 0.3 is 5.97 Å². The first-order valence-electron chi connectivity index (χ1n) is 8.15. The number of hydrogen-bond acceptors (Lipinski definition) is 6. The van der Waals surface area contributed by atoms with E-state index in [4.69, 9.17) is 12.2 Å². The second-order valence-electron chi connectivity index (χ2n) is 5.94. The molecule has 1 heterocycles. The predicted octanol–water partition coefficient (Wildman–Crippen LogP) is 3.49. The molecule has 1 atom stereocenters. The second-order valence-corrected chi connectivity index (χ2v) is 7.62.